The summed E-state index contributed by atoms with van der Waals surface area (Å²) in [6.45, 7) is 6.03. The molecule has 4 rings (SSSR count). The van der Waals surface area contributed by atoms with Crippen molar-refractivity contribution in [2.75, 3.05) is 0 Å². The molecule has 0 aliphatic rings. The van der Waals surface area contributed by atoms with Crippen molar-refractivity contribution >= 4 is 0 Å². The highest BCUT2D eigenvalue weighted by molar-refractivity contribution is 5.70. The van der Waals surface area contributed by atoms with E-state index in [9.17, 15) is 5.11 Å². The monoisotopic (exact) mass is 367 g/mol. The second-order valence-electron chi connectivity index (χ2n) is 7.06. The van der Waals surface area contributed by atoms with Gasteiger partial charge >= 0.3 is 0 Å². The van der Waals surface area contributed by atoms with Gasteiger partial charge in [-0.15, -0.1) is 0 Å². The molecule has 0 aliphatic carbocycles. The summed E-state index contributed by atoms with van der Waals surface area (Å²) in [5, 5.41) is 10.4. The molecule has 0 saturated carbocycles. The van der Waals surface area contributed by atoms with E-state index in [0.717, 1.165) is 16.7 Å². The zero-order valence-corrected chi connectivity index (χ0v) is 16.1. The third kappa shape index (κ3) is 3.62. The topological polar surface area (TPSA) is 58.9 Å². The predicted molar refractivity (Wildman–Crippen MR) is 112 cm³/mol. The molecule has 1 heterocycles. The Morgan fingerprint density at radius 1 is 0.536 bits per heavy atom. The largest absolute Gasteiger partial charge is 0.507 e. The van der Waals surface area contributed by atoms with Crippen LogP contribution in [0.3, 0.4) is 0 Å². The summed E-state index contributed by atoms with van der Waals surface area (Å²) in [5.74, 6) is 1.79. The molecule has 4 heteroatoms. The summed E-state index contributed by atoms with van der Waals surface area (Å²) in [4.78, 5) is 14.0. The summed E-state index contributed by atoms with van der Waals surface area (Å²) in [5.41, 5.74) is 5.74. The van der Waals surface area contributed by atoms with Gasteiger partial charge < -0.3 is 5.11 Å². The van der Waals surface area contributed by atoms with E-state index in [1.54, 1.807) is 6.07 Å². The molecule has 28 heavy (non-hydrogen) atoms. The van der Waals surface area contributed by atoms with Crippen LogP contribution in [0.5, 0.6) is 5.75 Å². The van der Waals surface area contributed by atoms with Gasteiger partial charge in [-0.3, -0.25) is 0 Å². The number of benzene rings is 3. The standard InChI is InChI=1S/C24H21N3O/c1-15-4-9-18(10-5-15)22-25-23(19-11-6-16(2)7-12-19)27-24(26-22)20-13-8-17(3)14-21(20)28/h4-14,28H,1-3H3. The van der Waals surface area contributed by atoms with E-state index in [1.165, 1.54) is 11.1 Å². The summed E-state index contributed by atoms with van der Waals surface area (Å²) in [6, 6.07) is 21.7. The number of hydrogen-bond acceptors (Lipinski definition) is 4. The second-order valence-corrected chi connectivity index (χ2v) is 7.06. The van der Waals surface area contributed by atoms with Gasteiger partial charge in [0, 0.05) is 11.1 Å². The molecular weight excluding hydrogens is 346 g/mol. The van der Waals surface area contributed by atoms with Gasteiger partial charge in [0.1, 0.15) is 5.75 Å². The van der Waals surface area contributed by atoms with E-state index in [1.807, 2.05) is 81.4 Å². The average Bonchev–Trinajstić information content (AvgIpc) is 2.69. The fourth-order valence-electron chi connectivity index (χ4n) is 2.99. The lowest BCUT2D eigenvalue weighted by Crippen LogP contribution is -2.00. The normalized spacial score (nSPS) is 10.8. The van der Waals surface area contributed by atoms with E-state index in [2.05, 4.69) is 9.97 Å². The SMILES string of the molecule is Cc1ccc(-c2nc(-c3ccc(C)cc3)nc(-c3ccc(C)cc3O)n2)cc1. The first kappa shape index (κ1) is 17.9. The van der Waals surface area contributed by atoms with Gasteiger partial charge in [0.15, 0.2) is 17.5 Å². The van der Waals surface area contributed by atoms with Crippen LogP contribution in [0.4, 0.5) is 0 Å². The smallest absolute Gasteiger partial charge is 0.167 e. The minimum atomic E-state index is 0.163. The van der Waals surface area contributed by atoms with Gasteiger partial charge in [0.2, 0.25) is 0 Å². The quantitative estimate of drug-likeness (QED) is 0.519. The average molecular weight is 367 g/mol. The van der Waals surface area contributed by atoms with Crippen LogP contribution in [0.25, 0.3) is 34.2 Å². The fourth-order valence-corrected chi connectivity index (χ4v) is 2.99. The van der Waals surface area contributed by atoms with E-state index in [0.29, 0.717) is 23.0 Å². The van der Waals surface area contributed by atoms with E-state index in [4.69, 9.17) is 4.98 Å². The number of aryl methyl sites for hydroxylation is 3. The summed E-state index contributed by atoms with van der Waals surface area (Å²) in [7, 11) is 0. The van der Waals surface area contributed by atoms with Crippen molar-refractivity contribution in [1.29, 1.82) is 0 Å². The number of aromatic nitrogens is 3. The van der Waals surface area contributed by atoms with Crippen LogP contribution < -0.4 is 0 Å². The Labute approximate surface area is 164 Å². The van der Waals surface area contributed by atoms with Gasteiger partial charge in [-0.25, -0.2) is 15.0 Å². The van der Waals surface area contributed by atoms with Crippen LogP contribution in [0, 0.1) is 20.8 Å². The van der Waals surface area contributed by atoms with Crippen LogP contribution in [0.15, 0.2) is 66.7 Å². The number of aromatic hydroxyl groups is 1. The molecule has 0 atom stereocenters. The van der Waals surface area contributed by atoms with Crippen molar-refractivity contribution in [1.82, 2.24) is 15.0 Å². The van der Waals surface area contributed by atoms with Crippen molar-refractivity contribution in [3.63, 3.8) is 0 Å². The maximum Gasteiger partial charge on any atom is 0.167 e. The first-order valence-electron chi connectivity index (χ1n) is 9.20. The zero-order valence-electron chi connectivity index (χ0n) is 16.1. The fraction of sp³-hybridized carbons (Fsp3) is 0.125. The molecule has 1 aromatic heterocycles. The minimum absolute atomic E-state index is 0.163. The van der Waals surface area contributed by atoms with Gasteiger partial charge in [0.05, 0.1) is 5.56 Å². The molecule has 0 aliphatic heterocycles. The first-order chi connectivity index (χ1) is 13.5. The van der Waals surface area contributed by atoms with Crippen LogP contribution in [0.1, 0.15) is 16.7 Å². The van der Waals surface area contributed by atoms with Crippen LogP contribution >= 0.6 is 0 Å². The van der Waals surface area contributed by atoms with Crippen molar-refractivity contribution in [3.05, 3.63) is 83.4 Å². The van der Waals surface area contributed by atoms with Crippen LogP contribution in [-0.2, 0) is 0 Å². The van der Waals surface area contributed by atoms with Gasteiger partial charge in [-0.1, -0.05) is 65.7 Å². The van der Waals surface area contributed by atoms with E-state index < -0.39 is 0 Å². The number of hydrogen-bond donors (Lipinski definition) is 1. The summed E-state index contributed by atoms with van der Waals surface area (Å²) in [6.07, 6.45) is 0. The number of phenols is 1. The molecule has 1 N–H and O–H groups in total. The Morgan fingerprint density at radius 3 is 1.43 bits per heavy atom. The van der Waals surface area contributed by atoms with Gasteiger partial charge in [-0.2, -0.15) is 0 Å². The van der Waals surface area contributed by atoms with Crippen molar-refractivity contribution < 1.29 is 5.11 Å². The Morgan fingerprint density at radius 2 is 0.964 bits per heavy atom. The first-order valence-corrected chi connectivity index (χ1v) is 9.20. The highest BCUT2D eigenvalue weighted by Crippen LogP contribution is 2.30. The van der Waals surface area contributed by atoms with Crippen molar-refractivity contribution in [2.45, 2.75) is 20.8 Å². The maximum atomic E-state index is 10.4. The number of phenolic OH excluding ortho intramolecular Hbond substituents is 1. The molecule has 4 aromatic rings. The van der Waals surface area contributed by atoms with Gasteiger partial charge in [0.25, 0.3) is 0 Å². The number of nitrogens with zero attached hydrogens (tertiary/aromatic N) is 3. The van der Waals surface area contributed by atoms with Crippen LogP contribution in [-0.4, -0.2) is 20.1 Å². The maximum absolute atomic E-state index is 10.4. The van der Waals surface area contributed by atoms with Crippen molar-refractivity contribution in [2.24, 2.45) is 0 Å². The molecule has 0 amide bonds. The lowest BCUT2D eigenvalue weighted by Gasteiger charge is -2.10. The van der Waals surface area contributed by atoms with Crippen LogP contribution in [0.2, 0.25) is 0 Å². The molecule has 138 valence electrons. The van der Waals surface area contributed by atoms with Crippen molar-refractivity contribution in [3.8, 4) is 39.9 Å². The Hall–Kier alpha value is -3.53. The molecule has 0 fully saturated rings. The molecule has 0 unspecified atom stereocenters. The second kappa shape index (κ2) is 7.24. The minimum Gasteiger partial charge on any atom is -0.507 e. The molecule has 3 aromatic carbocycles. The predicted octanol–water partition coefficient (Wildman–Crippen LogP) is 5.50. The molecule has 0 saturated heterocycles. The Balaban J connectivity index is 1.92. The molecular formula is C24H21N3O. The summed E-state index contributed by atoms with van der Waals surface area (Å²) >= 11 is 0. The highest BCUT2D eigenvalue weighted by Gasteiger charge is 2.14. The lowest BCUT2D eigenvalue weighted by molar-refractivity contribution is 0.476. The molecule has 0 spiro atoms. The zero-order chi connectivity index (χ0) is 19.7. The van der Waals surface area contributed by atoms with Gasteiger partial charge in [-0.05, 0) is 38.5 Å². The van der Waals surface area contributed by atoms with E-state index >= 15 is 0 Å². The third-order valence-corrected chi connectivity index (χ3v) is 4.65. The Bertz CT molecular complexity index is 1070. The third-order valence-electron chi connectivity index (χ3n) is 4.65. The van der Waals surface area contributed by atoms with E-state index in [-0.39, 0.29) is 5.75 Å². The highest BCUT2D eigenvalue weighted by atomic mass is 16.3. The Kier molecular flexibility index (Phi) is 4.62. The summed E-state index contributed by atoms with van der Waals surface area (Å²) < 4.78 is 0. The lowest BCUT2D eigenvalue weighted by atomic mass is 10.1. The molecule has 4 nitrogen and oxygen atoms in total. The number of rotatable bonds is 3. The molecule has 0 bridgehead atoms. The molecule has 0 radical (unpaired) electrons.